The van der Waals surface area contributed by atoms with Crippen molar-refractivity contribution in [3.8, 4) is 11.5 Å². The highest BCUT2D eigenvalue weighted by molar-refractivity contribution is 6.05. The van der Waals surface area contributed by atoms with E-state index in [0.29, 0.717) is 28.6 Å². The molecule has 0 bridgehead atoms. The Balaban J connectivity index is 1.79. The quantitative estimate of drug-likeness (QED) is 0.591. The smallest absolute Gasteiger partial charge is 0.257 e. The van der Waals surface area contributed by atoms with E-state index in [2.05, 4.69) is 24.1 Å². The predicted molar refractivity (Wildman–Crippen MR) is 104 cm³/mol. The fourth-order valence-corrected chi connectivity index (χ4v) is 2.78. The molecule has 0 aliphatic carbocycles. The van der Waals surface area contributed by atoms with Gasteiger partial charge in [-0.1, -0.05) is 38.1 Å². The van der Waals surface area contributed by atoms with Crippen molar-refractivity contribution in [2.45, 2.75) is 26.7 Å². The lowest BCUT2D eigenvalue weighted by molar-refractivity contribution is 0.102. The standard InChI is InChI=1S/C22H21FN2O2/c1-14(2)18-9-4-5-10-20(18)27-17-8-6-7-16(13-17)25-22(26)19-11-12-21(23)24-15(19)3/h4-14H,1-3H3,(H,25,26). The molecule has 0 fully saturated rings. The zero-order valence-corrected chi connectivity index (χ0v) is 15.5. The number of hydrogen-bond acceptors (Lipinski definition) is 3. The predicted octanol–water partition coefficient (Wildman–Crippen LogP) is 5.70. The molecule has 4 nitrogen and oxygen atoms in total. The Morgan fingerprint density at radius 1 is 1.07 bits per heavy atom. The lowest BCUT2D eigenvalue weighted by Crippen LogP contribution is -2.14. The fourth-order valence-electron chi connectivity index (χ4n) is 2.78. The van der Waals surface area contributed by atoms with Crippen LogP contribution in [0.5, 0.6) is 11.5 Å². The van der Waals surface area contributed by atoms with Crippen LogP contribution in [0.1, 0.15) is 41.4 Å². The summed E-state index contributed by atoms with van der Waals surface area (Å²) in [5, 5.41) is 2.80. The molecular weight excluding hydrogens is 343 g/mol. The van der Waals surface area contributed by atoms with Gasteiger partial charge in [-0.3, -0.25) is 4.79 Å². The molecule has 0 atom stereocenters. The summed E-state index contributed by atoms with van der Waals surface area (Å²) in [6.45, 7) is 5.82. The van der Waals surface area contributed by atoms with Crippen LogP contribution in [0.3, 0.4) is 0 Å². The molecule has 5 heteroatoms. The van der Waals surface area contributed by atoms with Gasteiger partial charge in [0, 0.05) is 11.8 Å². The van der Waals surface area contributed by atoms with Gasteiger partial charge in [0.25, 0.3) is 5.91 Å². The van der Waals surface area contributed by atoms with E-state index in [1.165, 1.54) is 12.1 Å². The number of para-hydroxylation sites is 1. The minimum Gasteiger partial charge on any atom is -0.457 e. The minimum absolute atomic E-state index is 0.327. The van der Waals surface area contributed by atoms with Crippen LogP contribution < -0.4 is 10.1 Å². The van der Waals surface area contributed by atoms with Crippen molar-refractivity contribution < 1.29 is 13.9 Å². The normalized spacial score (nSPS) is 10.7. The summed E-state index contributed by atoms with van der Waals surface area (Å²) in [6.07, 6.45) is 0. The van der Waals surface area contributed by atoms with Crippen LogP contribution in [0.4, 0.5) is 10.1 Å². The van der Waals surface area contributed by atoms with Crippen LogP contribution in [0.15, 0.2) is 60.7 Å². The van der Waals surface area contributed by atoms with E-state index in [0.717, 1.165) is 11.3 Å². The topological polar surface area (TPSA) is 51.2 Å². The molecule has 3 rings (SSSR count). The van der Waals surface area contributed by atoms with Crippen molar-refractivity contribution in [2.24, 2.45) is 0 Å². The number of halogens is 1. The molecule has 0 unspecified atom stereocenters. The van der Waals surface area contributed by atoms with Crippen molar-refractivity contribution >= 4 is 11.6 Å². The number of aryl methyl sites for hydroxylation is 1. The van der Waals surface area contributed by atoms with E-state index in [1.54, 1.807) is 25.1 Å². The van der Waals surface area contributed by atoms with Gasteiger partial charge in [-0.15, -0.1) is 0 Å². The van der Waals surface area contributed by atoms with Crippen molar-refractivity contribution in [2.75, 3.05) is 5.32 Å². The van der Waals surface area contributed by atoms with E-state index in [4.69, 9.17) is 4.74 Å². The maximum atomic E-state index is 13.1. The summed E-state index contributed by atoms with van der Waals surface area (Å²) in [4.78, 5) is 16.1. The van der Waals surface area contributed by atoms with Crippen LogP contribution in [0, 0.1) is 12.9 Å². The van der Waals surface area contributed by atoms with Gasteiger partial charge in [0.1, 0.15) is 11.5 Å². The number of amides is 1. The van der Waals surface area contributed by atoms with Crippen LogP contribution >= 0.6 is 0 Å². The molecule has 0 radical (unpaired) electrons. The molecule has 3 aromatic rings. The van der Waals surface area contributed by atoms with Gasteiger partial charge >= 0.3 is 0 Å². The van der Waals surface area contributed by atoms with Gasteiger partial charge in [0.2, 0.25) is 5.95 Å². The summed E-state index contributed by atoms with van der Waals surface area (Å²) < 4.78 is 19.2. The number of nitrogens with one attached hydrogen (secondary N) is 1. The zero-order chi connectivity index (χ0) is 19.4. The monoisotopic (exact) mass is 364 g/mol. The Kier molecular flexibility index (Phi) is 5.50. The molecule has 0 saturated heterocycles. The Morgan fingerprint density at radius 3 is 2.59 bits per heavy atom. The van der Waals surface area contributed by atoms with E-state index >= 15 is 0 Å². The highest BCUT2D eigenvalue weighted by Crippen LogP contribution is 2.31. The molecule has 1 N–H and O–H groups in total. The Bertz CT molecular complexity index is 970. The van der Waals surface area contributed by atoms with Gasteiger partial charge in [-0.2, -0.15) is 4.39 Å². The van der Waals surface area contributed by atoms with E-state index in [-0.39, 0.29) is 5.91 Å². The number of rotatable bonds is 5. The zero-order valence-electron chi connectivity index (χ0n) is 15.5. The second-order valence-corrected chi connectivity index (χ2v) is 6.54. The molecule has 1 heterocycles. The maximum absolute atomic E-state index is 13.1. The average molecular weight is 364 g/mol. The van der Waals surface area contributed by atoms with Crippen LogP contribution in [0.25, 0.3) is 0 Å². The van der Waals surface area contributed by atoms with E-state index in [9.17, 15) is 9.18 Å². The third kappa shape index (κ3) is 4.50. The number of aromatic nitrogens is 1. The minimum atomic E-state index is -0.608. The molecule has 1 aromatic heterocycles. The van der Waals surface area contributed by atoms with E-state index in [1.807, 2.05) is 30.3 Å². The van der Waals surface area contributed by atoms with Crippen LogP contribution in [-0.4, -0.2) is 10.9 Å². The van der Waals surface area contributed by atoms with Gasteiger partial charge < -0.3 is 10.1 Å². The molecule has 1 amide bonds. The Morgan fingerprint density at radius 2 is 1.85 bits per heavy atom. The highest BCUT2D eigenvalue weighted by Gasteiger charge is 2.12. The number of ether oxygens (including phenoxy) is 1. The first-order valence-electron chi connectivity index (χ1n) is 8.75. The lowest BCUT2D eigenvalue weighted by Gasteiger charge is -2.14. The van der Waals surface area contributed by atoms with Crippen LogP contribution in [0.2, 0.25) is 0 Å². The summed E-state index contributed by atoms with van der Waals surface area (Å²) in [5.74, 6) is 0.783. The molecule has 2 aromatic carbocycles. The first-order valence-corrected chi connectivity index (χ1v) is 8.75. The van der Waals surface area contributed by atoms with E-state index < -0.39 is 5.95 Å². The van der Waals surface area contributed by atoms with Crippen LogP contribution in [-0.2, 0) is 0 Å². The number of anilines is 1. The first-order chi connectivity index (χ1) is 12.9. The molecule has 0 aliphatic heterocycles. The van der Waals surface area contributed by atoms with Gasteiger partial charge in [0.05, 0.1) is 11.3 Å². The summed E-state index contributed by atoms with van der Waals surface area (Å²) >= 11 is 0. The van der Waals surface area contributed by atoms with Crippen molar-refractivity contribution in [3.05, 3.63) is 83.4 Å². The van der Waals surface area contributed by atoms with Gasteiger partial charge in [-0.25, -0.2) is 4.98 Å². The van der Waals surface area contributed by atoms with Crippen molar-refractivity contribution in [1.29, 1.82) is 0 Å². The van der Waals surface area contributed by atoms with Gasteiger partial charge in [-0.05, 0) is 48.7 Å². The second-order valence-electron chi connectivity index (χ2n) is 6.54. The molecule has 0 aliphatic rings. The number of benzene rings is 2. The fraction of sp³-hybridized carbons (Fsp3) is 0.182. The number of hydrogen-bond donors (Lipinski definition) is 1. The Hall–Kier alpha value is -3.21. The SMILES string of the molecule is Cc1nc(F)ccc1C(=O)Nc1cccc(Oc2ccccc2C(C)C)c1. The molecule has 27 heavy (non-hydrogen) atoms. The van der Waals surface area contributed by atoms with Gasteiger partial charge in [0.15, 0.2) is 0 Å². The van der Waals surface area contributed by atoms with Crippen molar-refractivity contribution in [3.63, 3.8) is 0 Å². The summed E-state index contributed by atoms with van der Waals surface area (Å²) in [5.41, 5.74) is 2.36. The third-order valence-corrected chi connectivity index (χ3v) is 4.16. The maximum Gasteiger partial charge on any atom is 0.257 e. The molecule has 0 saturated carbocycles. The van der Waals surface area contributed by atoms with Crippen molar-refractivity contribution in [1.82, 2.24) is 4.98 Å². The Labute approximate surface area is 158 Å². The lowest BCUT2D eigenvalue weighted by atomic mass is 10.0. The molecule has 138 valence electrons. The third-order valence-electron chi connectivity index (χ3n) is 4.16. The molecular formula is C22H21FN2O2. The largest absolute Gasteiger partial charge is 0.457 e. The first kappa shape index (κ1) is 18.6. The summed E-state index contributed by atoms with van der Waals surface area (Å²) in [7, 11) is 0. The highest BCUT2D eigenvalue weighted by atomic mass is 19.1. The molecule has 0 spiro atoms. The summed E-state index contributed by atoms with van der Waals surface area (Å²) in [6, 6.07) is 17.6. The second kappa shape index (κ2) is 7.99. The average Bonchev–Trinajstić information content (AvgIpc) is 2.62. The number of nitrogens with zero attached hydrogens (tertiary/aromatic N) is 1. The number of carbonyl (C=O) groups excluding carboxylic acids is 1. The number of pyridine rings is 1. The number of carbonyl (C=O) groups is 1.